The second kappa shape index (κ2) is 9.13. The minimum Gasteiger partial charge on any atom is -0.287 e. The van der Waals surface area contributed by atoms with Crippen molar-refractivity contribution >= 4 is 17.7 Å². The second-order valence-electron chi connectivity index (χ2n) is 2.84. The van der Waals surface area contributed by atoms with Crippen LogP contribution >= 0.6 is 7.82 Å². The first kappa shape index (κ1) is 18.4. The van der Waals surface area contributed by atoms with Crippen LogP contribution in [-0.4, -0.2) is 40.7 Å². The van der Waals surface area contributed by atoms with E-state index in [1.165, 1.54) is 0 Å². The van der Waals surface area contributed by atoms with Crippen LogP contribution in [-0.2, 0) is 28.0 Å². The van der Waals surface area contributed by atoms with Crippen LogP contribution in [0.4, 0.5) is 0 Å². The molecule has 0 fully saturated rings. The average molecular weight is 276 g/mol. The van der Waals surface area contributed by atoms with E-state index in [4.69, 9.17) is 13.6 Å². The van der Waals surface area contributed by atoms with Crippen molar-refractivity contribution in [3.05, 3.63) is 0 Å². The van der Waals surface area contributed by atoms with Crippen molar-refractivity contribution in [1.29, 1.82) is 0 Å². The number of phosphoric acid groups is 1. The summed E-state index contributed by atoms with van der Waals surface area (Å²) in [5.41, 5.74) is 0. The van der Waals surface area contributed by atoms with Gasteiger partial charge in [0.05, 0.1) is 19.8 Å². The van der Waals surface area contributed by atoms with Crippen molar-refractivity contribution in [2.75, 3.05) is 32.3 Å². The van der Waals surface area contributed by atoms with Gasteiger partial charge >= 0.3 is 7.82 Å². The summed E-state index contributed by atoms with van der Waals surface area (Å²) in [5.74, 6) is 0. The Balaban J connectivity index is 0. The predicted octanol–water partition coefficient (Wildman–Crippen LogP) is 1.86. The van der Waals surface area contributed by atoms with Crippen LogP contribution in [0.25, 0.3) is 0 Å². The zero-order valence-electron chi connectivity index (χ0n) is 10.4. The number of phosphoric ester groups is 1. The normalized spacial score (nSPS) is 11.8. The topological polar surface area (TPSA) is 78.9 Å². The molecule has 16 heavy (non-hydrogen) atoms. The molecule has 0 aliphatic heterocycles. The maximum absolute atomic E-state index is 11.3. The van der Waals surface area contributed by atoms with E-state index in [0.29, 0.717) is 19.8 Å². The molecule has 0 aromatic rings. The van der Waals surface area contributed by atoms with Crippen LogP contribution in [0.15, 0.2) is 0 Å². The molecule has 0 aliphatic rings. The zero-order valence-corrected chi connectivity index (χ0v) is 12.1. The van der Waals surface area contributed by atoms with E-state index in [2.05, 4.69) is 0 Å². The lowest BCUT2D eigenvalue weighted by Gasteiger charge is -2.14. The fraction of sp³-hybridized carbons (Fsp3) is 1.00. The predicted molar refractivity (Wildman–Crippen MR) is 63.3 cm³/mol. The van der Waals surface area contributed by atoms with Crippen LogP contribution in [0.2, 0.25) is 0 Å². The Morgan fingerprint density at radius 3 is 1.19 bits per heavy atom. The minimum atomic E-state index is -3.22. The van der Waals surface area contributed by atoms with Crippen LogP contribution in [0.1, 0.15) is 20.8 Å². The fourth-order valence-corrected chi connectivity index (χ4v) is 1.76. The Morgan fingerprint density at radius 1 is 0.875 bits per heavy atom. The molecule has 0 unspecified atom stereocenters. The van der Waals surface area contributed by atoms with Crippen molar-refractivity contribution < 1.29 is 26.6 Å². The van der Waals surface area contributed by atoms with E-state index in [1.54, 1.807) is 20.8 Å². The molecule has 8 heteroatoms. The molecule has 0 heterocycles. The van der Waals surface area contributed by atoms with Gasteiger partial charge in [-0.05, 0) is 20.8 Å². The maximum Gasteiger partial charge on any atom is 0.474 e. The summed E-state index contributed by atoms with van der Waals surface area (Å²) < 4.78 is 45.1. The Morgan fingerprint density at radius 2 is 1.06 bits per heavy atom. The fourth-order valence-electron chi connectivity index (χ4n) is 0.586. The Bertz CT molecular complexity index is 268. The van der Waals surface area contributed by atoms with Gasteiger partial charge in [0.15, 0.2) is 0 Å². The first-order valence-electron chi connectivity index (χ1n) is 4.87. The van der Waals surface area contributed by atoms with Crippen LogP contribution in [0.3, 0.4) is 0 Å². The largest absolute Gasteiger partial charge is 0.474 e. The number of hydrogen-bond donors (Lipinski definition) is 0. The van der Waals surface area contributed by atoms with Gasteiger partial charge in [0, 0.05) is 12.5 Å². The summed E-state index contributed by atoms with van der Waals surface area (Å²) in [4.78, 5) is 0. The van der Waals surface area contributed by atoms with Gasteiger partial charge in [0.2, 0.25) is 0 Å². The summed E-state index contributed by atoms with van der Waals surface area (Å²) in [6.07, 6.45) is 2.32. The molecule has 0 radical (unpaired) electrons. The van der Waals surface area contributed by atoms with Gasteiger partial charge in [-0.25, -0.2) is 13.0 Å². The third-order valence-electron chi connectivity index (χ3n) is 0.862. The highest BCUT2D eigenvalue weighted by atomic mass is 32.2. The second-order valence-corrected chi connectivity index (χ2v) is 6.80. The smallest absolute Gasteiger partial charge is 0.287 e. The SMILES string of the molecule is CCOP(=O)(OCC)OCC.CS(C)(=O)=O. The molecule has 6 nitrogen and oxygen atoms in total. The van der Waals surface area contributed by atoms with E-state index in [9.17, 15) is 13.0 Å². The van der Waals surface area contributed by atoms with Gasteiger partial charge in [-0.3, -0.25) is 13.6 Å². The molecule has 0 saturated heterocycles. The molecule has 0 aromatic carbocycles. The van der Waals surface area contributed by atoms with Gasteiger partial charge in [-0.2, -0.15) is 0 Å². The summed E-state index contributed by atoms with van der Waals surface area (Å²) in [7, 11) is -5.89. The summed E-state index contributed by atoms with van der Waals surface area (Å²) in [5, 5.41) is 0. The molecular formula is C8H21O6PS. The molecule has 0 N–H and O–H groups in total. The number of rotatable bonds is 6. The number of hydrogen-bond acceptors (Lipinski definition) is 6. The third kappa shape index (κ3) is 16.5. The van der Waals surface area contributed by atoms with E-state index >= 15 is 0 Å². The third-order valence-corrected chi connectivity index (χ3v) is 2.58. The standard InChI is InChI=1S/C6H15O4P.C2H6O2S/c1-4-8-11(7,9-5-2)10-6-3;1-5(2,3)4/h4-6H2,1-3H3;1-2H3. The summed E-state index contributed by atoms with van der Waals surface area (Å²) in [6, 6.07) is 0. The molecule has 100 valence electrons. The highest BCUT2D eigenvalue weighted by molar-refractivity contribution is 7.89. The molecule has 0 aliphatic carbocycles. The molecule has 0 saturated carbocycles. The van der Waals surface area contributed by atoms with E-state index in [-0.39, 0.29) is 0 Å². The molecule has 0 rings (SSSR count). The molecular weight excluding hydrogens is 255 g/mol. The van der Waals surface area contributed by atoms with Gasteiger partial charge in [0.1, 0.15) is 9.84 Å². The monoisotopic (exact) mass is 276 g/mol. The van der Waals surface area contributed by atoms with Crippen LogP contribution < -0.4 is 0 Å². The molecule has 0 bridgehead atoms. The Hall–Kier alpha value is 0.0600. The first-order valence-corrected chi connectivity index (χ1v) is 8.63. The molecule has 0 spiro atoms. The van der Waals surface area contributed by atoms with Crippen molar-refractivity contribution in [2.45, 2.75) is 20.8 Å². The Kier molecular flexibility index (Phi) is 10.5. The first-order chi connectivity index (χ1) is 7.18. The van der Waals surface area contributed by atoms with E-state index in [0.717, 1.165) is 12.5 Å². The Labute approximate surface area is 97.8 Å². The van der Waals surface area contributed by atoms with Gasteiger partial charge in [-0.15, -0.1) is 0 Å². The van der Waals surface area contributed by atoms with E-state index in [1.807, 2.05) is 0 Å². The quantitative estimate of drug-likeness (QED) is 0.689. The van der Waals surface area contributed by atoms with Gasteiger partial charge in [0.25, 0.3) is 0 Å². The number of sulfone groups is 1. The lowest BCUT2D eigenvalue weighted by Crippen LogP contribution is -1.99. The highest BCUT2D eigenvalue weighted by Gasteiger charge is 2.23. The van der Waals surface area contributed by atoms with Crippen molar-refractivity contribution in [1.82, 2.24) is 0 Å². The highest BCUT2D eigenvalue weighted by Crippen LogP contribution is 2.48. The lowest BCUT2D eigenvalue weighted by atomic mass is 10.9. The van der Waals surface area contributed by atoms with Crippen LogP contribution in [0, 0.1) is 0 Å². The minimum absolute atomic E-state index is 0.331. The lowest BCUT2D eigenvalue weighted by molar-refractivity contribution is 0.126. The average Bonchev–Trinajstić information content (AvgIpc) is 2.01. The van der Waals surface area contributed by atoms with Gasteiger partial charge in [-0.1, -0.05) is 0 Å². The van der Waals surface area contributed by atoms with Crippen molar-refractivity contribution in [3.63, 3.8) is 0 Å². The summed E-state index contributed by atoms with van der Waals surface area (Å²) in [6.45, 7) is 6.21. The van der Waals surface area contributed by atoms with Gasteiger partial charge < -0.3 is 0 Å². The summed E-state index contributed by atoms with van der Waals surface area (Å²) >= 11 is 0. The molecule has 0 aromatic heterocycles. The van der Waals surface area contributed by atoms with Crippen LogP contribution in [0.5, 0.6) is 0 Å². The molecule has 0 amide bonds. The maximum atomic E-state index is 11.3. The van der Waals surface area contributed by atoms with Crippen molar-refractivity contribution in [2.24, 2.45) is 0 Å². The van der Waals surface area contributed by atoms with Crippen molar-refractivity contribution in [3.8, 4) is 0 Å². The zero-order chi connectivity index (χ0) is 13.2. The van der Waals surface area contributed by atoms with E-state index < -0.39 is 17.7 Å². The molecule has 0 atom stereocenters.